The van der Waals surface area contributed by atoms with E-state index in [2.05, 4.69) is 57.8 Å². The number of ether oxygens (including phenoxy) is 1. The van der Waals surface area contributed by atoms with Crippen LogP contribution >= 0.6 is 15.9 Å². The van der Waals surface area contributed by atoms with Gasteiger partial charge in [-0.15, -0.1) is 0 Å². The number of benzene rings is 2. The number of halogens is 1. The number of hydrogen-bond acceptors (Lipinski definition) is 3. The van der Waals surface area contributed by atoms with Crippen LogP contribution in [0.1, 0.15) is 16.7 Å². The van der Waals surface area contributed by atoms with Crippen molar-refractivity contribution in [3.8, 4) is 5.75 Å². The molecule has 2 aromatic carbocycles. The van der Waals surface area contributed by atoms with Gasteiger partial charge in [-0.3, -0.25) is 0 Å². The summed E-state index contributed by atoms with van der Waals surface area (Å²) >= 11 is 3.51. The van der Waals surface area contributed by atoms with E-state index >= 15 is 0 Å². The first-order valence-corrected chi connectivity index (χ1v) is 7.91. The van der Waals surface area contributed by atoms with Gasteiger partial charge >= 0.3 is 0 Å². The molecule has 0 saturated heterocycles. The number of aryl methyl sites for hydroxylation is 1. The number of rotatable bonds is 4. The minimum atomic E-state index is 0.787. The van der Waals surface area contributed by atoms with Crippen LogP contribution in [0.4, 0.5) is 11.4 Å². The Morgan fingerprint density at radius 2 is 2.19 bits per heavy atom. The molecular formula is C17H19BrN2O. The summed E-state index contributed by atoms with van der Waals surface area (Å²) in [6, 6.07) is 10.6. The summed E-state index contributed by atoms with van der Waals surface area (Å²) < 4.78 is 6.51. The molecule has 1 aliphatic rings. The molecule has 1 aliphatic heterocycles. The van der Waals surface area contributed by atoms with Gasteiger partial charge in [0.2, 0.25) is 0 Å². The largest absolute Gasteiger partial charge is 0.495 e. The Kier molecular flexibility index (Phi) is 4.06. The Balaban J connectivity index is 1.84. The molecular weight excluding hydrogens is 328 g/mol. The first-order valence-electron chi connectivity index (χ1n) is 7.11. The lowest BCUT2D eigenvalue weighted by molar-refractivity contribution is 0.416. The summed E-state index contributed by atoms with van der Waals surface area (Å²) in [7, 11) is 1.70. The first kappa shape index (κ1) is 14.3. The van der Waals surface area contributed by atoms with Crippen molar-refractivity contribution in [2.45, 2.75) is 19.9 Å². The quantitative estimate of drug-likeness (QED) is 0.863. The average Bonchev–Trinajstić information content (AvgIpc) is 2.94. The first-order chi connectivity index (χ1) is 10.2. The summed E-state index contributed by atoms with van der Waals surface area (Å²) in [5.74, 6) is 0.863. The van der Waals surface area contributed by atoms with Crippen molar-refractivity contribution in [1.29, 1.82) is 0 Å². The number of nitrogens with one attached hydrogen (secondary N) is 2. The molecule has 0 spiro atoms. The fourth-order valence-corrected chi connectivity index (χ4v) is 3.39. The fourth-order valence-electron chi connectivity index (χ4n) is 2.84. The number of hydrogen-bond donors (Lipinski definition) is 2. The van der Waals surface area contributed by atoms with Crippen LogP contribution in [0, 0.1) is 6.92 Å². The maximum atomic E-state index is 5.48. The molecule has 3 nitrogen and oxygen atoms in total. The van der Waals surface area contributed by atoms with Crippen LogP contribution in [0.3, 0.4) is 0 Å². The van der Waals surface area contributed by atoms with E-state index in [0.29, 0.717) is 0 Å². The molecule has 0 bridgehead atoms. The third kappa shape index (κ3) is 2.86. The van der Waals surface area contributed by atoms with Gasteiger partial charge in [-0.25, -0.2) is 0 Å². The molecule has 0 saturated carbocycles. The third-order valence-electron chi connectivity index (χ3n) is 3.87. The van der Waals surface area contributed by atoms with Crippen LogP contribution in [-0.2, 0) is 13.0 Å². The highest BCUT2D eigenvalue weighted by Crippen LogP contribution is 2.33. The molecule has 0 unspecified atom stereocenters. The predicted octanol–water partition coefficient (Wildman–Crippen LogP) is 4.35. The Morgan fingerprint density at radius 1 is 1.33 bits per heavy atom. The van der Waals surface area contributed by atoms with Crippen LogP contribution < -0.4 is 15.4 Å². The smallest absolute Gasteiger partial charge is 0.143 e. The van der Waals surface area contributed by atoms with Gasteiger partial charge in [-0.05, 0) is 42.2 Å². The molecule has 2 aromatic rings. The van der Waals surface area contributed by atoms with Crippen LogP contribution in [0.2, 0.25) is 0 Å². The summed E-state index contributed by atoms with van der Waals surface area (Å²) in [6.45, 7) is 3.91. The standard InChI is InChI=1S/C17H19BrN2O/c1-11-8-14(18)9-15(21-2)16(11)20-10-13-5-3-4-12-6-7-19-17(12)13/h3-5,8-9,19-20H,6-7,10H2,1-2H3. The molecule has 2 N–H and O–H groups in total. The summed E-state index contributed by atoms with van der Waals surface area (Å²) in [4.78, 5) is 0. The van der Waals surface area contributed by atoms with Crippen molar-refractivity contribution in [2.75, 3.05) is 24.3 Å². The Labute approximate surface area is 133 Å². The van der Waals surface area contributed by atoms with E-state index in [1.54, 1.807) is 7.11 Å². The van der Waals surface area contributed by atoms with E-state index in [0.717, 1.165) is 35.4 Å². The third-order valence-corrected chi connectivity index (χ3v) is 4.33. The van der Waals surface area contributed by atoms with Gasteiger partial charge < -0.3 is 15.4 Å². The molecule has 1 heterocycles. The minimum Gasteiger partial charge on any atom is -0.495 e. The van der Waals surface area contributed by atoms with Gasteiger partial charge in [0.05, 0.1) is 12.8 Å². The van der Waals surface area contributed by atoms with Crippen molar-refractivity contribution in [2.24, 2.45) is 0 Å². The second kappa shape index (κ2) is 5.98. The lowest BCUT2D eigenvalue weighted by Crippen LogP contribution is -2.05. The van der Waals surface area contributed by atoms with Crippen LogP contribution in [0.25, 0.3) is 0 Å². The number of fused-ring (bicyclic) bond motifs is 1. The van der Waals surface area contributed by atoms with Crippen LogP contribution in [0.5, 0.6) is 5.75 Å². The van der Waals surface area contributed by atoms with E-state index in [1.165, 1.54) is 22.4 Å². The molecule has 110 valence electrons. The highest BCUT2D eigenvalue weighted by Gasteiger charge is 2.14. The second-order valence-corrected chi connectivity index (χ2v) is 6.20. The second-order valence-electron chi connectivity index (χ2n) is 5.28. The molecule has 21 heavy (non-hydrogen) atoms. The molecule has 0 amide bonds. The van der Waals surface area contributed by atoms with E-state index in [9.17, 15) is 0 Å². The fraction of sp³-hybridized carbons (Fsp3) is 0.294. The van der Waals surface area contributed by atoms with Crippen molar-refractivity contribution in [3.05, 3.63) is 51.5 Å². The lowest BCUT2D eigenvalue weighted by atomic mass is 10.1. The van der Waals surface area contributed by atoms with Crippen molar-refractivity contribution in [3.63, 3.8) is 0 Å². The molecule has 4 heteroatoms. The Morgan fingerprint density at radius 3 is 3.00 bits per heavy atom. The lowest BCUT2D eigenvalue weighted by Gasteiger charge is -2.16. The zero-order chi connectivity index (χ0) is 14.8. The normalized spacial score (nSPS) is 12.7. The molecule has 0 aliphatic carbocycles. The summed E-state index contributed by atoms with van der Waals surface area (Å²) in [5.41, 5.74) is 6.22. The zero-order valence-corrected chi connectivity index (χ0v) is 13.9. The Hall–Kier alpha value is -1.68. The number of anilines is 2. The van der Waals surface area contributed by atoms with Gasteiger partial charge in [-0.2, -0.15) is 0 Å². The van der Waals surface area contributed by atoms with E-state index in [4.69, 9.17) is 4.74 Å². The Bertz CT molecular complexity index is 670. The van der Waals surface area contributed by atoms with E-state index in [1.807, 2.05) is 6.07 Å². The SMILES string of the molecule is COc1cc(Br)cc(C)c1NCc1cccc2c1NCC2. The molecule has 0 atom stereocenters. The van der Waals surface area contributed by atoms with E-state index < -0.39 is 0 Å². The van der Waals surface area contributed by atoms with Gasteiger partial charge in [0.25, 0.3) is 0 Å². The topological polar surface area (TPSA) is 33.3 Å². The maximum absolute atomic E-state index is 5.48. The predicted molar refractivity (Wildman–Crippen MR) is 91.4 cm³/mol. The summed E-state index contributed by atoms with van der Waals surface area (Å²) in [5, 5.41) is 7.00. The highest BCUT2D eigenvalue weighted by molar-refractivity contribution is 9.10. The number of para-hydroxylation sites is 1. The molecule has 0 aromatic heterocycles. The van der Waals surface area contributed by atoms with Crippen LogP contribution in [0.15, 0.2) is 34.8 Å². The minimum absolute atomic E-state index is 0.787. The van der Waals surface area contributed by atoms with Crippen molar-refractivity contribution < 1.29 is 4.74 Å². The van der Waals surface area contributed by atoms with Gasteiger partial charge in [0.15, 0.2) is 0 Å². The van der Waals surface area contributed by atoms with Gasteiger partial charge in [0.1, 0.15) is 5.75 Å². The van der Waals surface area contributed by atoms with Gasteiger partial charge in [0, 0.05) is 23.2 Å². The molecule has 3 rings (SSSR count). The van der Waals surface area contributed by atoms with E-state index in [-0.39, 0.29) is 0 Å². The average molecular weight is 347 g/mol. The molecule has 0 radical (unpaired) electrons. The van der Waals surface area contributed by atoms with Gasteiger partial charge in [-0.1, -0.05) is 34.1 Å². The number of methoxy groups -OCH3 is 1. The van der Waals surface area contributed by atoms with Crippen LogP contribution in [-0.4, -0.2) is 13.7 Å². The maximum Gasteiger partial charge on any atom is 0.143 e. The summed E-state index contributed by atoms with van der Waals surface area (Å²) in [6.07, 6.45) is 1.11. The highest BCUT2D eigenvalue weighted by atomic mass is 79.9. The molecule has 0 fully saturated rings. The van der Waals surface area contributed by atoms with Crippen molar-refractivity contribution in [1.82, 2.24) is 0 Å². The van der Waals surface area contributed by atoms with Crippen molar-refractivity contribution >= 4 is 27.3 Å². The monoisotopic (exact) mass is 346 g/mol. The zero-order valence-electron chi connectivity index (χ0n) is 12.3.